The molecule has 1 aromatic heterocycles. The molecule has 2 aromatic rings. The van der Waals surface area contributed by atoms with Crippen molar-refractivity contribution in [1.29, 1.82) is 0 Å². The molecule has 4 nitrogen and oxygen atoms in total. The first-order valence-corrected chi connectivity index (χ1v) is 7.11. The summed E-state index contributed by atoms with van der Waals surface area (Å²) in [5.74, 6) is 0. The van der Waals surface area contributed by atoms with Crippen LogP contribution in [0.3, 0.4) is 0 Å². The fraction of sp³-hybridized carbons (Fsp3) is 0.231. The number of aryl methyl sites for hydroxylation is 2. The van der Waals surface area contributed by atoms with Gasteiger partial charge in [-0.05, 0) is 34.5 Å². The molecule has 0 fully saturated rings. The zero-order valence-corrected chi connectivity index (χ0v) is 13.2. The van der Waals surface area contributed by atoms with Crippen LogP contribution in [0.4, 0.5) is 11.4 Å². The Labute approximate surface area is 126 Å². The summed E-state index contributed by atoms with van der Waals surface area (Å²) in [6.07, 6.45) is 2.81. The highest BCUT2D eigenvalue weighted by molar-refractivity contribution is 9.10. The molecule has 0 radical (unpaired) electrons. The number of rotatable bonds is 4. The van der Waals surface area contributed by atoms with Crippen LogP contribution in [0.1, 0.15) is 18.2 Å². The molecule has 0 spiro atoms. The molecule has 2 rings (SSSR count). The third-order valence-corrected chi connectivity index (χ3v) is 3.63. The normalized spacial score (nSPS) is 10.5. The highest BCUT2D eigenvalue weighted by Crippen LogP contribution is 2.28. The SMILES string of the molecule is CCc1nn(C)cc1Nc1cccc(Br)c1C(N)=S. The number of thiocarbonyl (C=S) groups is 1. The second kappa shape index (κ2) is 5.71. The number of hydrogen-bond acceptors (Lipinski definition) is 3. The predicted octanol–water partition coefficient (Wildman–Crippen LogP) is 3.12. The molecular formula is C13H15BrN4S. The van der Waals surface area contributed by atoms with Gasteiger partial charge in [-0.2, -0.15) is 5.10 Å². The lowest BCUT2D eigenvalue weighted by Crippen LogP contribution is -2.13. The number of aromatic nitrogens is 2. The van der Waals surface area contributed by atoms with Crippen molar-refractivity contribution >= 4 is 44.5 Å². The number of anilines is 2. The Morgan fingerprint density at radius 3 is 2.84 bits per heavy atom. The molecule has 100 valence electrons. The van der Waals surface area contributed by atoms with Crippen LogP contribution in [0, 0.1) is 0 Å². The van der Waals surface area contributed by atoms with Crippen LogP contribution in [0.25, 0.3) is 0 Å². The number of nitrogens with zero attached hydrogens (tertiary/aromatic N) is 2. The average molecular weight is 339 g/mol. The third-order valence-electron chi connectivity index (χ3n) is 2.77. The third kappa shape index (κ3) is 2.96. The van der Waals surface area contributed by atoms with Gasteiger partial charge in [-0.25, -0.2) is 0 Å². The molecule has 1 aromatic carbocycles. The Bertz CT molecular complexity index is 621. The number of hydrogen-bond donors (Lipinski definition) is 2. The van der Waals surface area contributed by atoms with E-state index in [4.69, 9.17) is 18.0 Å². The summed E-state index contributed by atoms with van der Waals surface area (Å²) < 4.78 is 2.67. The minimum Gasteiger partial charge on any atom is -0.389 e. The molecule has 0 saturated heterocycles. The Morgan fingerprint density at radius 2 is 2.21 bits per heavy atom. The second-order valence-corrected chi connectivity index (χ2v) is 5.46. The summed E-state index contributed by atoms with van der Waals surface area (Å²) >= 11 is 8.58. The first kappa shape index (κ1) is 14.0. The van der Waals surface area contributed by atoms with Crippen LogP contribution in [-0.4, -0.2) is 14.8 Å². The number of benzene rings is 1. The van der Waals surface area contributed by atoms with E-state index in [-0.39, 0.29) is 0 Å². The van der Waals surface area contributed by atoms with Crippen molar-refractivity contribution in [2.45, 2.75) is 13.3 Å². The molecular weight excluding hydrogens is 324 g/mol. The summed E-state index contributed by atoms with van der Waals surface area (Å²) in [5, 5.41) is 7.75. The van der Waals surface area contributed by atoms with Gasteiger partial charge in [0.1, 0.15) is 4.99 Å². The molecule has 3 N–H and O–H groups in total. The van der Waals surface area contributed by atoms with Gasteiger partial charge in [-0.15, -0.1) is 0 Å². The van der Waals surface area contributed by atoms with Gasteiger partial charge >= 0.3 is 0 Å². The van der Waals surface area contributed by atoms with Crippen LogP contribution in [0.15, 0.2) is 28.9 Å². The van der Waals surface area contributed by atoms with Gasteiger partial charge in [0, 0.05) is 29.0 Å². The summed E-state index contributed by atoms with van der Waals surface area (Å²) in [5.41, 5.74) is 9.46. The van der Waals surface area contributed by atoms with E-state index in [1.54, 1.807) is 4.68 Å². The molecule has 0 aliphatic rings. The van der Waals surface area contributed by atoms with Crippen LogP contribution in [-0.2, 0) is 13.5 Å². The van der Waals surface area contributed by atoms with Gasteiger partial charge in [0.2, 0.25) is 0 Å². The molecule has 0 aliphatic heterocycles. The first-order chi connectivity index (χ1) is 9.02. The maximum absolute atomic E-state index is 5.79. The first-order valence-electron chi connectivity index (χ1n) is 5.90. The fourth-order valence-corrected chi connectivity index (χ4v) is 2.85. The van der Waals surface area contributed by atoms with Crippen molar-refractivity contribution in [1.82, 2.24) is 9.78 Å². The molecule has 0 unspecified atom stereocenters. The second-order valence-electron chi connectivity index (χ2n) is 4.17. The Hall–Kier alpha value is -1.40. The largest absolute Gasteiger partial charge is 0.389 e. The fourth-order valence-electron chi connectivity index (χ4n) is 1.92. The Kier molecular flexibility index (Phi) is 4.21. The van der Waals surface area contributed by atoms with Crippen LogP contribution in [0.2, 0.25) is 0 Å². The lowest BCUT2D eigenvalue weighted by atomic mass is 10.1. The summed E-state index contributed by atoms with van der Waals surface area (Å²) in [4.78, 5) is 0.358. The average Bonchev–Trinajstić information content (AvgIpc) is 2.69. The number of halogens is 1. The smallest absolute Gasteiger partial charge is 0.107 e. The van der Waals surface area contributed by atoms with E-state index in [0.717, 1.165) is 33.5 Å². The standard InChI is InChI=1S/C13H15BrN4S/c1-3-9-11(7-18(2)17-9)16-10-6-4-5-8(14)12(10)13(15)19/h4-7,16H,3H2,1-2H3,(H2,15,19). The van der Waals surface area contributed by atoms with E-state index in [1.807, 2.05) is 31.4 Å². The van der Waals surface area contributed by atoms with E-state index in [0.29, 0.717) is 4.99 Å². The lowest BCUT2D eigenvalue weighted by molar-refractivity contribution is 0.746. The highest BCUT2D eigenvalue weighted by Gasteiger charge is 2.12. The van der Waals surface area contributed by atoms with Gasteiger partial charge in [0.05, 0.1) is 11.4 Å². The van der Waals surface area contributed by atoms with Crippen molar-refractivity contribution in [3.05, 3.63) is 40.1 Å². The zero-order valence-electron chi connectivity index (χ0n) is 10.8. The number of nitrogens with two attached hydrogens (primary N) is 1. The van der Waals surface area contributed by atoms with E-state index in [9.17, 15) is 0 Å². The Morgan fingerprint density at radius 1 is 1.47 bits per heavy atom. The van der Waals surface area contributed by atoms with E-state index >= 15 is 0 Å². The van der Waals surface area contributed by atoms with Crippen molar-refractivity contribution in [3.63, 3.8) is 0 Å². The summed E-state index contributed by atoms with van der Waals surface area (Å²) in [7, 11) is 1.90. The van der Waals surface area contributed by atoms with Gasteiger partial charge in [0.15, 0.2) is 0 Å². The van der Waals surface area contributed by atoms with Crippen molar-refractivity contribution in [2.75, 3.05) is 5.32 Å². The van der Waals surface area contributed by atoms with Crippen molar-refractivity contribution < 1.29 is 0 Å². The highest BCUT2D eigenvalue weighted by atomic mass is 79.9. The molecule has 0 saturated carbocycles. The molecule has 0 bridgehead atoms. The molecule has 0 amide bonds. The van der Waals surface area contributed by atoms with Gasteiger partial charge in [-0.3, -0.25) is 4.68 Å². The maximum atomic E-state index is 5.79. The van der Waals surface area contributed by atoms with E-state index in [2.05, 4.69) is 33.3 Å². The number of nitrogens with one attached hydrogen (secondary N) is 1. The zero-order chi connectivity index (χ0) is 14.0. The van der Waals surface area contributed by atoms with Gasteiger partial charge in [0.25, 0.3) is 0 Å². The molecule has 1 heterocycles. The monoisotopic (exact) mass is 338 g/mol. The quantitative estimate of drug-likeness (QED) is 0.841. The van der Waals surface area contributed by atoms with Gasteiger partial charge < -0.3 is 11.1 Å². The van der Waals surface area contributed by atoms with Crippen LogP contribution >= 0.6 is 28.1 Å². The predicted molar refractivity (Wildman–Crippen MR) is 85.9 cm³/mol. The lowest BCUT2D eigenvalue weighted by Gasteiger charge is -2.12. The van der Waals surface area contributed by atoms with Crippen LogP contribution in [0.5, 0.6) is 0 Å². The minimum absolute atomic E-state index is 0.358. The summed E-state index contributed by atoms with van der Waals surface area (Å²) in [6.45, 7) is 2.07. The van der Waals surface area contributed by atoms with Crippen molar-refractivity contribution in [2.24, 2.45) is 12.8 Å². The molecule has 0 atom stereocenters. The van der Waals surface area contributed by atoms with E-state index < -0.39 is 0 Å². The molecule has 6 heteroatoms. The van der Waals surface area contributed by atoms with Gasteiger partial charge in [-0.1, -0.05) is 25.2 Å². The van der Waals surface area contributed by atoms with Crippen LogP contribution < -0.4 is 11.1 Å². The van der Waals surface area contributed by atoms with Crippen molar-refractivity contribution in [3.8, 4) is 0 Å². The molecule has 0 aliphatic carbocycles. The van der Waals surface area contributed by atoms with E-state index in [1.165, 1.54) is 0 Å². The topological polar surface area (TPSA) is 55.9 Å². The minimum atomic E-state index is 0.358. The summed E-state index contributed by atoms with van der Waals surface area (Å²) in [6, 6.07) is 5.81. The maximum Gasteiger partial charge on any atom is 0.107 e. The molecule has 19 heavy (non-hydrogen) atoms. The Balaban J connectivity index is 2.43.